The van der Waals surface area contributed by atoms with Crippen molar-refractivity contribution in [1.82, 2.24) is 4.90 Å². The highest BCUT2D eigenvalue weighted by atomic mass is 31.1. The van der Waals surface area contributed by atoms with Crippen LogP contribution in [0.25, 0.3) is 0 Å². The molecule has 8 heteroatoms. The molecule has 2 unspecified atom stereocenters. The molecule has 2 atom stereocenters. The summed E-state index contributed by atoms with van der Waals surface area (Å²) in [5, 5.41) is 0. The Kier molecular flexibility index (Phi) is 28.1. The standard InChI is InChI=1S/C27H59NO5P2/c1-7-16-30-26(31-17-8-2)11-21-34-23-14-28(13-20-29-25(5)6)15-24-35-22-12-27(32-18-9-3)33-19-10-4/h25-27,34-35H,7-24H2,1-6H3. The lowest BCUT2D eigenvalue weighted by molar-refractivity contribution is -0.142. The van der Waals surface area contributed by atoms with Crippen LogP contribution in [0, 0.1) is 0 Å². The predicted molar refractivity (Wildman–Crippen MR) is 155 cm³/mol. The van der Waals surface area contributed by atoms with Crippen LogP contribution in [-0.4, -0.2) is 101 Å². The predicted octanol–water partition coefficient (Wildman–Crippen LogP) is 6.21. The Morgan fingerprint density at radius 3 is 1.26 bits per heavy atom. The molecule has 0 heterocycles. The van der Waals surface area contributed by atoms with E-state index in [0.717, 1.165) is 108 Å². The van der Waals surface area contributed by atoms with E-state index in [1.807, 2.05) is 0 Å². The summed E-state index contributed by atoms with van der Waals surface area (Å²) < 4.78 is 29.3. The molecule has 0 amide bonds. The van der Waals surface area contributed by atoms with Crippen LogP contribution < -0.4 is 0 Å². The number of hydrogen-bond donors (Lipinski definition) is 0. The number of nitrogens with zero attached hydrogens (tertiary/aromatic N) is 1. The van der Waals surface area contributed by atoms with Gasteiger partial charge in [0.05, 0.1) is 12.7 Å². The molecule has 6 nitrogen and oxygen atoms in total. The van der Waals surface area contributed by atoms with Gasteiger partial charge < -0.3 is 28.6 Å². The lowest BCUT2D eigenvalue weighted by Gasteiger charge is -2.23. The van der Waals surface area contributed by atoms with Gasteiger partial charge in [-0.15, -0.1) is 17.2 Å². The van der Waals surface area contributed by atoms with Gasteiger partial charge in [-0.05, 0) is 64.2 Å². The second kappa shape index (κ2) is 27.6. The van der Waals surface area contributed by atoms with Gasteiger partial charge in [-0.3, -0.25) is 0 Å². The zero-order valence-electron chi connectivity index (χ0n) is 23.9. The second-order valence-electron chi connectivity index (χ2n) is 9.18. The Bertz CT molecular complexity index is 375. The number of ether oxygens (including phenoxy) is 5. The molecule has 0 aromatic rings. The van der Waals surface area contributed by atoms with Gasteiger partial charge in [0, 0.05) is 58.9 Å². The van der Waals surface area contributed by atoms with Gasteiger partial charge in [0.1, 0.15) is 0 Å². The summed E-state index contributed by atoms with van der Waals surface area (Å²) in [6.45, 7) is 20.1. The molecular formula is C27H59NO5P2. The maximum absolute atomic E-state index is 5.87. The quantitative estimate of drug-likeness (QED) is 0.0670. The minimum atomic E-state index is -0.0226. The molecule has 0 aromatic heterocycles. The van der Waals surface area contributed by atoms with Crippen molar-refractivity contribution in [3.8, 4) is 0 Å². The molecule has 0 aliphatic heterocycles. The van der Waals surface area contributed by atoms with E-state index in [1.165, 1.54) is 24.6 Å². The van der Waals surface area contributed by atoms with E-state index in [4.69, 9.17) is 23.7 Å². The molecule has 0 bridgehead atoms. The minimum absolute atomic E-state index is 0.0226. The first-order valence-corrected chi connectivity index (χ1v) is 17.1. The van der Waals surface area contributed by atoms with E-state index < -0.39 is 0 Å². The van der Waals surface area contributed by atoms with Crippen LogP contribution in [0.2, 0.25) is 0 Å². The van der Waals surface area contributed by atoms with E-state index in [-0.39, 0.29) is 12.6 Å². The highest BCUT2D eigenvalue weighted by molar-refractivity contribution is 7.38. The van der Waals surface area contributed by atoms with Crippen molar-refractivity contribution in [2.75, 3.05) is 77.3 Å². The van der Waals surface area contributed by atoms with E-state index in [1.54, 1.807) is 0 Å². The van der Waals surface area contributed by atoms with Crippen molar-refractivity contribution in [1.29, 1.82) is 0 Å². The van der Waals surface area contributed by atoms with E-state index in [0.29, 0.717) is 6.10 Å². The summed E-state index contributed by atoms with van der Waals surface area (Å²) in [7, 11) is 1.91. The smallest absolute Gasteiger partial charge is 0.157 e. The molecule has 0 aromatic carbocycles. The van der Waals surface area contributed by atoms with Crippen molar-refractivity contribution in [2.24, 2.45) is 0 Å². The zero-order chi connectivity index (χ0) is 26.0. The van der Waals surface area contributed by atoms with Gasteiger partial charge in [0.25, 0.3) is 0 Å². The molecule has 0 saturated heterocycles. The molecule has 0 spiro atoms. The van der Waals surface area contributed by atoms with Crippen LogP contribution in [-0.2, 0) is 23.7 Å². The van der Waals surface area contributed by atoms with Gasteiger partial charge in [-0.2, -0.15) is 0 Å². The Labute approximate surface area is 221 Å². The van der Waals surface area contributed by atoms with Crippen molar-refractivity contribution >= 4 is 17.2 Å². The highest BCUT2D eigenvalue weighted by Crippen LogP contribution is 2.18. The van der Waals surface area contributed by atoms with Crippen molar-refractivity contribution in [3.05, 3.63) is 0 Å². The fourth-order valence-electron chi connectivity index (χ4n) is 3.34. The van der Waals surface area contributed by atoms with Gasteiger partial charge in [-0.1, -0.05) is 27.7 Å². The Morgan fingerprint density at radius 2 is 0.914 bits per heavy atom. The summed E-state index contributed by atoms with van der Waals surface area (Å²) >= 11 is 0. The lowest BCUT2D eigenvalue weighted by atomic mass is 10.4. The van der Waals surface area contributed by atoms with Gasteiger partial charge in [0.15, 0.2) is 12.6 Å². The highest BCUT2D eigenvalue weighted by Gasteiger charge is 2.11. The molecule has 0 saturated carbocycles. The first kappa shape index (κ1) is 35.6. The molecule has 0 fully saturated rings. The van der Waals surface area contributed by atoms with Crippen molar-refractivity contribution in [3.63, 3.8) is 0 Å². The number of hydrogen-bond acceptors (Lipinski definition) is 6. The van der Waals surface area contributed by atoms with Crippen LogP contribution >= 0.6 is 17.2 Å². The van der Waals surface area contributed by atoms with Crippen LogP contribution in [0.3, 0.4) is 0 Å². The van der Waals surface area contributed by atoms with E-state index >= 15 is 0 Å². The average molecular weight is 540 g/mol. The zero-order valence-corrected chi connectivity index (χ0v) is 25.9. The van der Waals surface area contributed by atoms with Crippen LogP contribution in [0.4, 0.5) is 0 Å². The molecule has 0 radical (unpaired) electrons. The normalized spacial score (nSPS) is 12.9. The van der Waals surface area contributed by atoms with Crippen LogP contribution in [0.1, 0.15) is 80.1 Å². The third-order valence-electron chi connectivity index (χ3n) is 5.21. The van der Waals surface area contributed by atoms with Gasteiger partial charge in [0.2, 0.25) is 0 Å². The molecule has 0 aliphatic rings. The summed E-state index contributed by atoms with van der Waals surface area (Å²) in [6.07, 6.45) is 11.3. The monoisotopic (exact) mass is 539 g/mol. The third kappa shape index (κ3) is 24.7. The van der Waals surface area contributed by atoms with Crippen LogP contribution in [0.15, 0.2) is 0 Å². The maximum Gasteiger partial charge on any atom is 0.157 e. The SMILES string of the molecule is CCCOC(CCPCCN(CCOC(C)C)CCPCCC(OCCC)OCCC)OCCC. The Balaban J connectivity index is 4.26. The molecule has 0 N–H and O–H groups in total. The maximum atomic E-state index is 5.87. The van der Waals surface area contributed by atoms with Crippen LogP contribution in [0.5, 0.6) is 0 Å². The lowest BCUT2D eigenvalue weighted by Crippen LogP contribution is -2.32. The van der Waals surface area contributed by atoms with E-state index in [9.17, 15) is 0 Å². The first-order chi connectivity index (χ1) is 17.1. The Morgan fingerprint density at radius 1 is 0.514 bits per heavy atom. The minimum Gasteiger partial charge on any atom is -0.377 e. The van der Waals surface area contributed by atoms with Crippen molar-refractivity contribution in [2.45, 2.75) is 98.8 Å². The number of rotatable bonds is 28. The van der Waals surface area contributed by atoms with Gasteiger partial charge >= 0.3 is 0 Å². The molecule has 212 valence electrons. The second-order valence-corrected chi connectivity index (χ2v) is 12.2. The molecular weight excluding hydrogens is 480 g/mol. The largest absolute Gasteiger partial charge is 0.377 e. The molecule has 0 rings (SSSR count). The summed E-state index contributed by atoms with van der Waals surface area (Å²) in [5.41, 5.74) is 0. The Hall–Kier alpha value is 0.620. The van der Waals surface area contributed by atoms with Crippen molar-refractivity contribution < 1.29 is 23.7 Å². The van der Waals surface area contributed by atoms with E-state index in [2.05, 4.69) is 46.4 Å². The summed E-state index contributed by atoms with van der Waals surface area (Å²) in [6, 6.07) is 0. The fraction of sp³-hybridized carbons (Fsp3) is 1.00. The topological polar surface area (TPSA) is 49.4 Å². The van der Waals surface area contributed by atoms with Gasteiger partial charge in [-0.25, -0.2) is 0 Å². The summed E-state index contributed by atoms with van der Waals surface area (Å²) in [5.74, 6) is 0. The fourth-order valence-corrected chi connectivity index (χ4v) is 5.67. The molecule has 35 heavy (non-hydrogen) atoms. The summed E-state index contributed by atoms with van der Waals surface area (Å²) in [4.78, 5) is 2.60. The third-order valence-corrected chi connectivity index (χ3v) is 7.65. The molecule has 0 aliphatic carbocycles. The first-order valence-electron chi connectivity index (χ1n) is 14.3. The average Bonchev–Trinajstić information content (AvgIpc) is 2.85.